The van der Waals surface area contributed by atoms with Gasteiger partial charge < -0.3 is 16.0 Å². The fraction of sp³-hybridized carbons (Fsp3) is 0.364. The van der Waals surface area contributed by atoms with Gasteiger partial charge in [0.05, 0.1) is 11.6 Å². The highest BCUT2D eigenvalue weighted by Gasteiger charge is 2.46. The Balaban J connectivity index is 1.46. The van der Waals surface area contributed by atoms with E-state index < -0.39 is 6.04 Å². The van der Waals surface area contributed by atoms with Crippen LogP contribution in [-0.2, 0) is 4.79 Å². The van der Waals surface area contributed by atoms with E-state index in [-0.39, 0.29) is 29.2 Å². The van der Waals surface area contributed by atoms with Crippen LogP contribution in [0.25, 0.3) is 0 Å². The predicted molar refractivity (Wildman–Crippen MR) is 104 cm³/mol. The average Bonchev–Trinajstić information content (AvgIpc) is 2.93. The van der Waals surface area contributed by atoms with Crippen molar-refractivity contribution in [3.63, 3.8) is 0 Å². The Morgan fingerprint density at radius 1 is 1.18 bits per heavy atom. The van der Waals surface area contributed by atoms with Gasteiger partial charge in [-0.3, -0.25) is 4.79 Å². The van der Waals surface area contributed by atoms with Crippen LogP contribution in [0.4, 0.5) is 9.18 Å². The Hall–Kier alpha value is -2.89. The molecule has 3 atom stereocenters. The van der Waals surface area contributed by atoms with Crippen molar-refractivity contribution in [3.8, 4) is 0 Å². The van der Waals surface area contributed by atoms with Gasteiger partial charge in [-0.1, -0.05) is 48.9 Å². The predicted octanol–water partition coefficient (Wildman–Crippen LogP) is 3.27. The number of hydrogen-bond acceptors (Lipinski definition) is 2. The molecule has 28 heavy (non-hydrogen) atoms. The molecular formula is C22H24FN3O2. The third kappa shape index (κ3) is 3.86. The summed E-state index contributed by atoms with van der Waals surface area (Å²) < 4.78 is 13.7. The maximum atomic E-state index is 13.7. The van der Waals surface area contributed by atoms with Gasteiger partial charge in [-0.2, -0.15) is 0 Å². The van der Waals surface area contributed by atoms with E-state index in [9.17, 15) is 14.0 Å². The first-order valence-electron chi connectivity index (χ1n) is 9.71. The maximum Gasteiger partial charge on any atom is 0.315 e. The molecule has 0 radical (unpaired) electrons. The van der Waals surface area contributed by atoms with Crippen LogP contribution in [0.2, 0.25) is 0 Å². The van der Waals surface area contributed by atoms with E-state index in [1.54, 1.807) is 12.1 Å². The van der Waals surface area contributed by atoms with Gasteiger partial charge in [-0.05, 0) is 42.5 Å². The van der Waals surface area contributed by atoms with Crippen molar-refractivity contribution in [3.05, 3.63) is 71.5 Å². The molecule has 146 valence electrons. The number of nitrogens with one attached hydrogen (secondary N) is 3. The largest absolute Gasteiger partial charge is 0.349 e. The zero-order valence-electron chi connectivity index (χ0n) is 15.6. The van der Waals surface area contributed by atoms with Crippen molar-refractivity contribution in [1.82, 2.24) is 16.0 Å². The molecule has 0 aromatic heterocycles. The van der Waals surface area contributed by atoms with E-state index in [1.807, 2.05) is 30.3 Å². The van der Waals surface area contributed by atoms with E-state index in [4.69, 9.17) is 0 Å². The molecule has 2 fully saturated rings. The number of carbonyl (C=O) groups excluding carboxylic acids is 2. The highest BCUT2D eigenvalue weighted by Crippen LogP contribution is 2.37. The fourth-order valence-electron chi connectivity index (χ4n) is 4.39. The molecule has 2 bridgehead atoms. The van der Waals surface area contributed by atoms with Crippen LogP contribution in [0, 0.1) is 11.7 Å². The third-order valence-electron chi connectivity index (χ3n) is 5.78. The van der Waals surface area contributed by atoms with Crippen LogP contribution < -0.4 is 16.0 Å². The Bertz CT molecular complexity index is 873. The monoisotopic (exact) mass is 381 g/mol. The van der Waals surface area contributed by atoms with Crippen molar-refractivity contribution in [2.24, 2.45) is 5.92 Å². The number of fused-ring (bicyclic) bond motifs is 2. The second kappa shape index (κ2) is 7.62. The second-order valence-corrected chi connectivity index (χ2v) is 7.79. The Labute approximate surface area is 163 Å². The van der Waals surface area contributed by atoms with Gasteiger partial charge in [0.25, 0.3) is 0 Å². The lowest BCUT2D eigenvalue weighted by Gasteiger charge is -2.32. The minimum absolute atomic E-state index is 0.0722. The zero-order chi connectivity index (χ0) is 19.6. The molecule has 3 N–H and O–H groups in total. The molecule has 1 aliphatic carbocycles. The first-order valence-corrected chi connectivity index (χ1v) is 9.71. The molecule has 3 unspecified atom stereocenters. The molecule has 1 aliphatic heterocycles. The third-order valence-corrected chi connectivity index (χ3v) is 5.78. The molecule has 0 spiro atoms. The lowest BCUT2D eigenvalue weighted by Crippen LogP contribution is -2.53. The van der Waals surface area contributed by atoms with Crippen molar-refractivity contribution < 1.29 is 14.0 Å². The summed E-state index contributed by atoms with van der Waals surface area (Å²) in [6.45, 7) is 0.395. The first-order chi connectivity index (χ1) is 13.5. The topological polar surface area (TPSA) is 70.2 Å². The number of urea groups is 1. The Morgan fingerprint density at radius 2 is 1.96 bits per heavy atom. The lowest BCUT2D eigenvalue weighted by molar-refractivity contribution is -0.122. The van der Waals surface area contributed by atoms with Crippen molar-refractivity contribution in [2.45, 2.75) is 37.3 Å². The van der Waals surface area contributed by atoms with Crippen LogP contribution >= 0.6 is 0 Å². The molecule has 2 aliphatic rings. The Kier molecular flexibility index (Phi) is 5.03. The molecule has 5 nitrogen and oxygen atoms in total. The van der Waals surface area contributed by atoms with Gasteiger partial charge in [0, 0.05) is 12.5 Å². The van der Waals surface area contributed by atoms with Crippen LogP contribution in [0.15, 0.2) is 54.6 Å². The SMILES string of the molecule is O=C(NCC12CCCC(C1)C(=O)N2)NC(c1ccccc1)c1cccc(F)c1. The summed E-state index contributed by atoms with van der Waals surface area (Å²) in [4.78, 5) is 24.7. The minimum Gasteiger partial charge on any atom is -0.349 e. The van der Waals surface area contributed by atoms with E-state index in [0.29, 0.717) is 12.1 Å². The number of hydrogen-bond donors (Lipinski definition) is 3. The van der Waals surface area contributed by atoms with Crippen LogP contribution in [-0.4, -0.2) is 24.0 Å². The summed E-state index contributed by atoms with van der Waals surface area (Å²) in [6.07, 6.45) is 3.57. The van der Waals surface area contributed by atoms with Crippen LogP contribution in [0.5, 0.6) is 0 Å². The number of benzene rings is 2. The summed E-state index contributed by atoms with van der Waals surface area (Å²) in [5.41, 5.74) is 1.21. The molecule has 2 aromatic rings. The molecule has 3 amide bonds. The van der Waals surface area contributed by atoms with Gasteiger partial charge in [-0.15, -0.1) is 0 Å². The molecule has 2 aromatic carbocycles. The molecule has 4 rings (SSSR count). The van der Waals surface area contributed by atoms with Gasteiger partial charge in [0.2, 0.25) is 5.91 Å². The Morgan fingerprint density at radius 3 is 2.75 bits per heavy atom. The second-order valence-electron chi connectivity index (χ2n) is 7.79. The standard InChI is InChI=1S/C22H24FN3O2/c23-18-10-4-8-16(12-18)19(15-6-2-1-3-7-15)25-21(28)24-14-22-11-5-9-17(13-22)20(27)26-22/h1-4,6-8,10,12,17,19H,5,9,11,13-14H2,(H,26,27)(H2,24,25,28). The van der Waals surface area contributed by atoms with Crippen molar-refractivity contribution >= 4 is 11.9 Å². The van der Waals surface area contributed by atoms with Crippen LogP contribution in [0.1, 0.15) is 42.9 Å². The van der Waals surface area contributed by atoms with Gasteiger partial charge in [0.1, 0.15) is 5.82 Å². The zero-order valence-corrected chi connectivity index (χ0v) is 15.6. The minimum atomic E-state index is -0.466. The van der Waals surface area contributed by atoms with Crippen LogP contribution in [0.3, 0.4) is 0 Å². The average molecular weight is 381 g/mol. The van der Waals surface area contributed by atoms with Crippen molar-refractivity contribution in [1.29, 1.82) is 0 Å². The summed E-state index contributed by atoms with van der Waals surface area (Å²) in [6, 6.07) is 14.9. The smallest absolute Gasteiger partial charge is 0.315 e. The fourth-order valence-corrected chi connectivity index (χ4v) is 4.39. The normalized spacial score (nSPS) is 24.3. The van der Waals surface area contributed by atoms with Crippen molar-refractivity contribution in [2.75, 3.05) is 6.54 Å². The van der Waals surface area contributed by atoms with E-state index >= 15 is 0 Å². The highest BCUT2D eigenvalue weighted by molar-refractivity contribution is 5.83. The lowest BCUT2D eigenvalue weighted by atomic mass is 9.80. The first kappa shape index (κ1) is 18.5. The molecular weight excluding hydrogens is 357 g/mol. The van der Waals surface area contributed by atoms with Gasteiger partial charge in [-0.25, -0.2) is 9.18 Å². The molecule has 6 heteroatoms. The summed E-state index contributed by atoms with van der Waals surface area (Å²) >= 11 is 0. The van der Waals surface area contributed by atoms with E-state index in [0.717, 1.165) is 31.2 Å². The highest BCUT2D eigenvalue weighted by atomic mass is 19.1. The summed E-state index contributed by atoms with van der Waals surface area (Å²) in [5.74, 6) is -0.175. The molecule has 1 saturated carbocycles. The maximum absolute atomic E-state index is 13.7. The van der Waals surface area contributed by atoms with Gasteiger partial charge in [0.15, 0.2) is 0 Å². The summed E-state index contributed by atoms with van der Waals surface area (Å²) in [7, 11) is 0. The number of halogens is 1. The molecule has 1 heterocycles. The van der Waals surface area contributed by atoms with E-state index in [2.05, 4.69) is 16.0 Å². The number of amides is 3. The number of rotatable bonds is 5. The van der Waals surface area contributed by atoms with E-state index in [1.165, 1.54) is 12.1 Å². The summed E-state index contributed by atoms with van der Waals surface area (Å²) in [5, 5.41) is 8.95. The number of carbonyl (C=O) groups is 2. The quantitative estimate of drug-likeness (QED) is 0.744. The van der Waals surface area contributed by atoms with Gasteiger partial charge >= 0.3 is 6.03 Å². The molecule has 1 saturated heterocycles.